The van der Waals surface area contributed by atoms with E-state index in [0.29, 0.717) is 30.2 Å². The average molecular weight is 181 g/mol. The molecule has 1 radical (unpaired) electrons. The SMILES string of the molecule is Nc1ccc(OCCC[O])c(N)c1. The largest absolute Gasteiger partial charge is 0.491 e. The molecule has 0 unspecified atom stereocenters. The highest BCUT2D eigenvalue weighted by atomic mass is 16.5. The number of nitrogens with two attached hydrogens (primary N) is 2. The molecule has 0 saturated heterocycles. The molecule has 4 heteroatoms. The first-order chi connectivity index (χ1) is 6.24. The quantitative estimate of drug-likeness (QED) is 0.538. The maximum atomic E-state index is 10.1. The predicted molar refractivity (Wildman–Crippen MR) is 50.9 cm³/mol. The van der Waals surface area contributed by atoms with Crippen LogP contribution < -0.4 is 16.2 Å². The summed E-state index contributed by atoms with van der Waals surface area (Å²) in [6.07, 6.45) is 0.490. The molecule has 0 bridgehead atoms. The van der Waals surface area contributed by atoms with Crippen LogP contribution >= 0.6 is 0 Å². The van der Waals surface area contributed by atoms with Crippen LogP contribution in [0.4, 0.5) is 11.4 Å². The van der Waals surface area contributed by atoms with E-state index in [9.17, 15) is 5.11 Å². The van der Waals surface area contributed by atoms with Crippen LogP contribution in [0.25, 0.3) is 0 Å². The number of hydrogen-bond acceptors (Lipinski definition) is 3. The van der Waals surface area contributed by atoms with Crippen LogP contribution in [0.1, 0.15) is 6.42 Å². The number of ether oxygens (including phenoxy) is 1. The molecule has 0 aliphatic carbocycles. The maximum Gasteiger partial charge on any atom is 0.142 e. The predicted octanol–water partition coefficient (Wildman–Crippen LogP) is 1.05. The molecule has 0 atom stereocenters. The zero-order valence-corrected chi connectivity index (χ0v) is 7.32. The first-order valence-electron chi connectivity index (χ1n) is 4.10. The maximum absolute atomic E-state index is 10.1. The van der Waals surface area contributed by atoms with Gasteiger partial charge < -0.3 is 16.2 Å². The van der Waals surface area contributed by atoms with Crippen molar-refractivity contribution in [3.63, 3.8) is 0 Å². The van der Waals surface area contributed by atoms with Crippen LogP contribution in [-0.4, -0.2) is 13.2 Å². The number of nitrogen functional groups attached to an aromatic ring is 2. The van der Waals surface area contributed by atoms with Crippen molar-refractivity contribution in [3.05, 3.63) is 18.2 Å². The molecule has 1 aromatic rings. The lowest BCUT2D eigenvalue weighted by Gasteiger charge is -2.07. The van der Waals surface area contributed by atoms with E-state index in [4.69, 9.17) is 16.2 Å². The molecule has 0 aliphatic rings. The Kier molecular flexibility index (Phi) is 3.40. The van der Waals surface area contributed by atoms with Crippen molar-refractivity contribution >= 4 is 11.4 Å². The van der Waals surface area contributed by atoms with Crippen LogP contribution in [0.2, 0.25) is 0 Å². The van der Waals surface area contributed by atoms with E-state index in [-0.39, 0.29) is 6.61 Å². The lowest BCUT2D eigenvalue weighted by molar-refractivity contribution is 0.166. The van der Waals surface area contributed by atoms with Crippen LogP contribution in [0.15, 0.2) is 18.2 Å². The summed E-state index contributed by atoms with van der Waals surface area (Å²) < 4.78 is 5.25. The Labute approximate surface area is 77.1 Å². The Hall–Kier alpha value is -1.42. The van der Waals surface area contributed by atoms with E-state index in [2.05, 4.69) is 0 Å². The second kappa shape index (κ2) is 4.57. The van der Waals surface area contributed by atoms with Crippen molar-refractivity contribution in [3.8, 4) is 5.75 Å². The molecule has 0 fully saturated rings. The fourth-order valence-corrected chi connectivity index (χ4v) is 0.939. The van der Waals surface area contributed by atoms with Crippen molar-refractivity contribution in [2.45, 2.75) is 6.42 Å². The normalized spacial score (nSPS) is 9.92. The molecule has 71 valence electrons. The van der Waals surface area contributed by atoms with Gasteiger partial charge in [0.25, 0.3) is 0 Å². The van der Waals surface area contributed by atoms with Crippen LogP contribution in [0.5, 0.6) is 5.75 Å². The third-order valence-corrected chi connectivity index (χ3v) is 1.58. The van der Waals surface area contributed by atoms with Crippen LogP contribution in [-0.2, 0) is 5.11 Å². The van der Waals surface area contributed by atoms with Gasteiger partial charge in [-0.15, -0.1) is 0 Å². The van der Waals surface area contributed by atoms with Gasteiger partial charge in [-0.05, 0) is 18.2 Å². The summed E-state index contributed by atoms with van der Waals surface area (Å²) in [5.74, 6) is 0.586. The van der Waals surface area contributed by atoms with Gasteiger partial charge in [0.05, 0.1) is 18.9 Å². The number of benzene rings is 1. The zero-order valence-electron chi connectivity index (χ0n) is 7.32. The molecule has 13 heavy (non-hydrogen) atoms. The molecule has 0 spiro atoms. The summed E-state index contributed by atoms with van der Waals surface area (Å²) in [6.45, 7) is 0.270. The van der Waals surface area contributed by atoms with Crippen molar-refractivity contribution < 1.29 is 9.84 Å². The van der Waals surface area contributed by atoms with Gasteiger partial charge in [-0.2, -0.15) is 0 Å². The summed E-state index contributed by atoms with van der Waals surface area (Å²) in [5, 5.41) is 10.1. The van der Waals surface area contributed by atoms with Crippen molar-refractivity contribution in [1.82, 2.24) is 0 Å². The van der Waals surface area contributed by atoms with E-state index >= 15 is 0 Å². The van der Waals surface area contributed by atoms with Crippen LogP contribution in [0, 0.1) is 0 Å². The Balaban J connectivity index is 2.56. The molecule has 1 aromatic carbocycles. The van der Waals surface area contributed by atoms with E-state index in [1.165, 1.54) is 0 Å². The summed E-state index contributed by atoms with van der Waals surface area (Å²) in [7, 11) is 0. The van der Waals surface area contributed by atoms with Crippen molar-refractivity contribution in [2.24, 2.45) is 0 Å². The number of rotatable bonds is 4. The molecule has 0 heterocycles. The first kappa shape index (κ1) is 9.67. The van der Waals surface area contributed by atoms with Crippen molar-refractivity contribution in [2.75, 3.05) is 24.7 Å². The molecule has 0 saturated carbocycles. The van der Waals surface area contributed by atoms with E-state index in [1.807, 2.05) is 0 Å². The lowest BCUT2D eigenvalue weighted by atomic mass is 10.2. The Morgan fingerprint density at radius 2 is 2.08 bits per heavy atom. The molecule has 0 amide bonds. The molecule has 0 aromatic heterocycles. The zero-order chi connectivity index (χ0) is 9.68. The minimum atomic E-state index is -0.130. The third-order valence-electron chi connectivity index (χ3n) is 1.58. The highest BCUT2D eigenvalue weighted by Crippen LogP contribution is 2.23. The second-order valence-electron chi connectivity index (χ2n) is 2.70. The molecule has 4 N–H and O–H groups in total. The highest BCUT2D eigenvalue weighted by Gasteiger charge is 1.99. The molecule has 1 rings (SSSR count). The monoisotopic (exact) mass is 181 g/mol. The highest BCUT2D eigenvalue weighted by molar-refractivity contribution is 5.60. The minimum absolute atomic E-state index is 0.130. The van der Waals surface area contributed by atoms with Gasteiger partial charge in [0.15, 0.2) is 0 Å². The van der Waals surface area contributed by atoms with Crippen LogP contribution in [0.3, 0.4) is 0 Å². The average Bonchev–Trinajstić information content (AvgIpc) is 2.09. The summed E-state index contributed by atoms with van der Waals surface area (Å²) in [5.41, 5.74) is 12.2. The third kappa shape index (κ3) is 2.83. The van der Waals surface area contributed by atoms with E-state index in [1.54, 1.807) is 18.2 Å². The second-order valence-corrected chi connectivity index (χ2v) is 2.70. The van der Waals surface area contributed by atoms with Gasteiger partial charge in [-0.1, -0.05) is 0 Å². The van der Waals surface area contributed by atoms with Gasteiger partial charge in [0, 0.05) is 12.1 Å². The van der Waals surface area contributed by atoms with Gasteiger partial charge in [-0.25, -0.2) is 5.11 Å². The Morgan fingerprint density at radius 1 is 1.31 bits per heavy atom. The molecule has 4 nitrogen and oxygen atoms in total. The Bertz CT molecular complexity index is 276. The number of anilines is 2. The Morgan fingerprint density at radius 3 is 2.69 bits per heavy atom. The topological polar surface area (TPSA) is 81.2 Å². The first-order valence-corrected chi connectivity index (χ1v) is 4.10. The minimum Gasteiger partial charge on any atom is -0.491 e. The van der Waals surface area contributed by atoms with Crippen molar-refractivity contribution in [1.29, 1.82) is 0 Å². The lowest BCUT2D eigenvalue weighted by Crippen LogP contribution is -2.02. The molecular weight excluding hydrogens is 168 g/mol. The fourth-order valence-electron chi connectivity index (χ4n) is 0.939. The smallest absolute Gasteiger partial charge is 0.142 e. The molecular formula is C9H13N2O2. The summed E-state index contributed by atoms with van der Waals surface area (Å²) in [4.78, 5) is 0. The fraction of sp³-hybridized carbons (Fsp3) is 0.333. The van der Waals surface area contributed by atoms with Gasteiger partial charge in [-0.3, -0.25) is 0 Å². The summed E-state index contributed by atoms with van der Waals surface area (Å²) in [6, 6.07) is 5.05. The van der Waals surface area contributed by atoms with E-state index < -0.39 is 0 Å². The molecule has 0 aliphatic heterocycles. The number of hydrogen-bond donors (Lipinski definition) is 2. The van der Waals surface area contributed by atoms with Gasteiger partial charge >= 0.3 is 0 Å². The van der Waals surface area contributed by atoms with Gasteiger partial charge in [0.2, 0.25) is 0 Å². The van der Waals surface area contributed by atoms with Gasteiger partial charge in [0.1, 0.15) is 5.75 Å². The summed E-state index contributed by atoms with van der Waals surface area (Å²) >= 11 is 0. The van der Waals surface area contributed by atoms with E-state index in [0.717, 1.165) is 0 Å². The standard InChI is InChI=1S/C9H13N2O2/c10-7-2-3-9(8(11)6-7)13-5-1-4-12/h2-3,6H,1,4-5,10-11H2.